The maximum atomic E-state index is 10.3. The van der Waals surface area contributed by atoms with Crippen LogP contribution in [0.3, 0.4) is 0 Å². The van der Waals surface area contributed by atoms with Crippen LogP contribution in [0.1, 0.15) is 30.6 Å². The molecule has 0 bridgehead atoms. The number of rotatable bonds is 3. The van der Waals surface area contributed by atoms with Crippen molar-refractivity contribution in [2.75, 3.05) is 0 Å². The van der Waals surface area contributed by atoms with Gasteiger partial charge in [-0.15, -0.1) is 0 Å². The summed E-state index contributed by atoms with van der Waals surface area (Å²) in [6, 6.07) is 4.70. The molecule has 1 aromatic carbocycles. The number of aliphatic carboxylic acids is 2. The van der Waals surface area contributed by atoms with E-state index >= 15 is 0 Å². The summed E-state index contributed by atoms with van der Waals surface area (Å²) < 4.78 is 0. The second-order valence-corrected chi connectivity index (χ2v) is 3.38. The zero-order valence-electron chi connectivity index (χ0n) is 11.3. The van der Waals surface area contributed by atoms with Gasteiger partial charge in [0.15, 0.2) is 0 Å². The summed E-state index contributed by atoms with van der Waals surface area (Å²) in [5, 5.41) is 33.7. The maximum absolute atomic E-state index is 10.3. The molecule has 0 aromatic heterocycles. The van der Waals surface area contributed by atoms with Gasteiger partial charge >= 0.3 is 11.9 Å². The largest absolute Gasteiger partial charge is 0.481 e. The van der Waals surface area contributed by atoms with Gasteiger partial charge in [-0.3, -0.25) is 19.7 Å². The van der Waals surface area contributed by atoms with Crippen LogP contribution in [-0.2, 0) is 9.59 Å². The molecule has 0 aliphatic heterocycles. The molecule has 0 saturated heterocycles. The van der Waals surface area contributed by atoms with Crippen LogP contribution in [-0.4, -0.2) is 38.2 Å². The Hall–Kier alpha value is -2.97. The van der Waals surface area contributed by atoms with Crippen molar-refractivity contribution in [3.8, 4) is 0 Å². The smallest absolute Gasteiger partial charge is 0.335 e. The third-order valence-corrected chi connectivity index (χ3v) is 1.63. The molecule has 0 fully saturated rings. The monoisotopic (exact) mass is 301 g/mol. The molecule has 0 unspecified atom stereocenters. The van der Waals surface area contributed by atoms with E-state index in [4.69, 9.17) is 20.1 Å². The third kappa shape index (κ3) is 13.3. The van der Waals surface area contributed by atoms with Gasteiger partial charge in [0.25, 0.3) is 11.7 Å². The minimum absolute atomic E-state index is 0.0422. The van der Waals surface area contributed by atoms with Gasteiger partial charge in [-0.25, -0.2) is 4.79 Å². The molecule has 0 amide bonds. The van der Waals surface area contributed by atoms with Gasteiger partial charge in [-0.05, 0) is 12.1 Å². The number of carboxylic acids is 3. The Morgan fingerprint density at radius 2 is 1.43 bits per heavy atom. The summed E-state index contributed by atoms with van der Waals surface area (Å²) in [4.78, 5) is 38.2. The van der Waals surface area contributed by atoms with Crippen molar-refractivity contribution in [3.63, 3.8) is 0 Å². The number of nitrogens with zero attached hydrogens (tertiary/aromatic N) is 1. The molecule has 0 heterocycles. The SMILES string of the molecule is CC(=O)O.CCC(=O)O.O=C(O)c1ccc([N+](=O)[O-])cc1. The number of benzene rings is 1. The van der Waals surface area contributed by atoms with Crippen molar-refractivity contribution in [2.24, 2.45) is 0 Å². The molecule has 0 atom stereocenters. The highest BCUT2D eigenvalue weighted by Crippen LogP contribution is 2.11. The van der Waals surface area contributed by atoms with E-state index in [1.807, 2.05) is 0 Å². The van der Waals surface area contributed by atoms with Crippen LogP contribution in [0.4, 0.5) is 5.69 Å². The first-order valence-corrected chi connectivity index (χ1v) is 5.50. The minimum Gasteiger partial charge on any atom is -0.481 e. The van der Waals surface area contributed by atoms with E-state index in [0.29, 0.717) is 0 Å². The Kier molecular flexibility index (Phi) is 10.6. The zero-order valence-corrected chi connectivity index (χ0v) is 11.3. The molecule has 1 aromatic rings. The first-order chi connectivity index (χ1) is 9.61. The summed E-state index contributed by atoms with van der Waals surface area (Å²) in [5.41, 5.74) is -0.0689. The number of carbonyl (C=O) groups is 3. The lowest BCUT2D eigenvalue weighted by atomic mass is 10.2. The molecule has 3 N–H and O–H groups in total. The Morgan fingerprint density at radius 1 is 1.10 bits per heavy atom. The molecule has 0 aliphatic rings. The zero-order chi connectivity index (χ0) is 17.0. The van der Waals surface area contributed by atoms with Gasteiger partial charge in [-0.2, -0.15) is 0 Å². The molecule has 0 spiro atoms. The van der Waals surface area contributed by atoms with Crippen LogP contribution in [0.5, 0.6) is 0 Å². The average molecular weight is 301 g/mol. The second kappa shape index (κ2) is 10.9. The highest BCUT2D eigenvalue weighted by Gasteiger charge is 2.06. The molecule has 116 valence electrons. The standard InChI is InChI=1S/C7H5NO4.C3H6O2.C2H4O2/c9-7(10)5-1-3-6(4-2-5)8(11)12;1-2-3(4)5;1-2(3)4/h1-4H,(H,9,10);2H2,1H3,(H,4,5);1H3,(H,3,4). The molecule has 9 nitrogen and oxygen atoms in total. The predicted molar refractivity (Wildman–Crippen MR) is 71.3 cm³/mol. The molecule has 1 rings (SSSR count). The Balaban J connectivity index is 0. The maximum Gasteiger partial charge on any atom is 0.335 e. The molecule has 21 heavy (non-hydrogen) atoms. The van der Waals surface area contributed by atoms with Crippen LogP contribution in [0, 0.1) is 10.1 Å². The van der Waals surface area contributed by atoms with E-state index in [-0.39, 0.29) is 17.7 Å². The third-order valence-electron chi connectivity index (χ3n) is 1.63. The first kappa shape index (κ1) is 20.3. The van der Waals surface area contributed by atoms with Crippen molar-refractivity contribution in [3.05, 3.63) is 39.9 Å². The number of carboxylic acid groups (broad SMARTS) is 3. The van der Waals surface area contributed by atoms with Crippen LogP contribution in [0.2, 0.25) is 0 Å². The van der Waals surface area contributed by atoms with Crippen molar-refractivity contribution in [1.82, 2.24) is 0 Å². The summed E-state index contributed by atoms with van der Waals surface area (Å²) in [6.45, 7) is 2.68. The molecule has 0 radical (unpaired) electrons. The van der Waals surface area contributed by atoms with Gasteiger partial charge in [0.2, 0.25) is 0 Å². The fourth-order valence-electron chi connectivity index (χ4n) is 0.726. The summed E-state index contributed by atoms with van der Waals surface area (Å²) in [6.07, 6.45) is 0.222. The highest BCUT2D eigenvalue weighted by molar-refractivity contribution is 5.87. The summed E-state index contributed by atoms with van der Waals surface area (Å²) in [7, 11) is 0. The Morgan fingerprint density at radius 3 is 1.62 bits per heavy atom. The fraction of sp³-hybridized carbons (Fsp3) is 0.250. The average Bonchev–Trinajstić information content (AvgIpc) is 2.38. The van der Waals surface area contributed by atoms with E-state index in [2.05, 4.69) is 0 Å². The lowest BCUT2D eigenvalue weighted by Gasteiger charge is -1.92. The number of nitro groups is 1. The van der Waals surface area contributed by atoms with E-state index in [9.17, 15) is 19.7 Å². The lowest BCUT2D eigenvalue weighted by Crippen LogP contribution is -1.96. The van der Waals surface area contributed by atoms with E-state index in [1.54, 1.807) is 6.92 Å². The Bertz CT molecular complexity index is 457. The van der Waals surface area contributed by atoms with Crippen molar-refractivity contribution >= 4 is 23.6 Å². The van der Waals surface area contributed by atoms with Gasteiger partial charge in [-0.1, -0.05) is 6.92 Å². The number of hydrogen-bond acceptors (Lipinski definition) is 5. The van der Waals surface area contributed by atoms with E-state index in [1.165, 1.54) is 12.1 Å². The van der Waals surface area contributed by atoms with E-state index in [0.717, 1.165) is 19.1 Å². The van der Waals surface area contributed by atoms with Gasteiger partial charge in [0, 0.05) is 25.5 Å². The van der Waals surface area contributed by atoms with Crippen molar-refractivity contribution < 1.29 is 34.6 Å². The molecular formula is C12H15NO8. The fourth-order valence-corrected chi connectivity index (χ4v) is 0.726. The Labute approximate surface area is 119 Å². The van der Waals surface area contributed by atoms with Crippen molar-refractivity contribution in [2.45, 2.75) is 20.3 Å². The molecule has 0 saturated carbocycles. The van der Waals surface area contributed by atoms with Crippen LogP contribution >= 0.6 is 0 Å². The predicted octanol–water partition coefficient (Wildman–Crippen LogP) is 1.86. The van der Waals surface area contributed by atoms with Crippen LogP contribution < -0.4 is 0 Å². The lowest BCUT2D eigenvalue weighted by molar-refractivity contribution is -0.384. The number of nitro benzene ring substituents is 1. The summed E-state index contributed by atoms with van der Waals surface area (Å²) >= 11 is 0. The summed E-state index contributed by atoms with van der Waals surface area (Å²) in [5.74, 6) is -2.67. The quantitative estimate of drug-likeness (QED) is 0.564. The number of hydrogen-bond donors (Lipinski definition) is 3. The number of non-ortho nitro benzene ring substituents is 1. The van der Waals surface area contributed by atoms with Crippen molar-refractivity contribution in [1.29, 1.82) is 0 Å². The van der Waals surface area contributed by atoms with Gasteiger partial charge in [0.1, 0.15) is 0 Å². The molecule has 0 aliphatic carbocycles. The van der Waals surface area contributed by atoms with Crippen LogP contribution in [0.15, 0.2) is 24.3 Å². The van der Waals surface area contributed by atoms with E-state index < -0.39 is 22.8 Å². The first-order valence-electron chi connectivity index (χ1n) is 5.50. The minimum atomic E-state index is -1.09. The van der Waals surface area contributed by atoms with Gasteiger partial charge < -0.3 is 15.3 Å². The van der Waals surface area contributed by atoms with Gasteiger partial charge in [0.05, 0.1) is 10.5 Å². The normalized spacial score (nSPS) is 8.29. The molecular weight excluding hydrogens is 286 g/mol. The van der Waals surface area contributed by atoms with Crippen LogP contribution in [0.25, 0.3) is 0 Å². The highest BCUT2D eigenvalue weighted by atomic mass is 16.6. The molecule has 9 heteroatoms. The second-order valence-electron chi connectivity index (χ2n) is 3.38. The number of aromatic carboxylic acids is 1. The topological polar surface area (TPSA) is 155 Å².